The minimum absolute atomic E-state index is 0.0627. The van der Waals surface area contributed by atoms with Gasteiger partial charge >= 0.3 is 12.4 Å². The van der Waals surface area contributed by atoms with Gasteiger partial charge in [0, 0.05) is 0 Å². The quantitative estimate of drug-likeness (QED) is 0.273. The lowest BCUT2D eigenvalue weighted by Gasteiger charge is -2.13. The highest BCUT2D eigenvalue weighted by molar-refractivity contribution is 6.52. The summed E-state index contributed by atoms with van der Waals surface area (Å²) < 4.78 is 82.4. The number of benzene rings is 2. The van der Waals surface area contributed by atoms with Crippen molar-refractivity contribution in [2.45, 2.75) is 12.4 Å². The molecule has 0 spiro atoms. The van der Waals surface area contributed by atoms with Gasteiger partial charge in [-0.1, -0.05) is 17.3 Å². The highest BCUT2D eigenvalue weighted by Crippen LogP contribution is 2.37. The molecule has 1 aromatic heterocycles. The van der Waals surface area contributed by atoms with Crippen LogP contribution < -0.4 is 5.43 Å². The number of para-hydroxylation sites is 1. The summed E-state index contributed by atoms with van der Waals surface area (Å²) in [6.07, 6.45) is -10.1. The zero-order valence-corrected chi connectivity index (χ0v) is 14.5. The number of carbonyl (C=O) groups is 1. The Kier molecular flexibility index (Phi) is 5.22. The van der Waals surface area contributed by atoms with Crippen LogP contribution in [0, 0.1) is 11.3 Å². The molecule has 1 N–H and O–H groups in total. The van der Waals surface area contributed by atoms with E-state index in [1.807, 2.05) is 5.43 Å². The molecule has 0 radical (unpaired) electrons. The molecule has 0 atom stereocenters. The Balaban J connectivity index is 1.96. The fourth-order valence-electron chi connectivity index (χ4n) is 2.43. The van der Waals surface area contributed by atoms with Gasteiger partial charge in [-0.15, -0.1) is 0 Å². The molecule has 0 aliphatic heterocycles. The van der Waals surface area contributed by atoms with Gasteiger partial charge in [0.25, 0.3) is 0 Å². The number of ketones is 1. The molecule has 0 unspecified atom stereocenters. The Labute approximate surface area is 163 Å². The average molecular weight is 426 g/mol. The predicted octanol–water partition coefficient (Wildman–Crippen LogP) is 5.04. The number of alkyl halides is 6. The van der Waals surface area contributed by atoms with Gasteiger partial charge in [0.05, 0.1) is 22.2 Å². The molecular weight excluding hydrogens is 418 g/mol. The lowest BCUT2D eigenvalue weighted by molar-refractivity contribution is -0.143. The lowest BCUT2D eigenvalue weighted by atomic mass is 10.1. The minimum atomic E-state index is -5.06. The summed E-state index contributed by atoms with van der Waals surface area (Å²) in [5.41, 5.74) is -2.88. The van der Waals surface area contributed by atoms with Crippen LogP contribution in [-0.4, -0.2) is 16.7 Å². The van der Waals surface area contributed by atoms with Crippen molar-refractivity contribution in [1.29, 1.82) is 5.26 Å². The van der Waals surface area contributed by atoms with Gasteiger partial charge in [0.1, 0.15) is 6.07 Å². The van der Waals surface area contributed by atoms with Crippen molar-refractivity contribution < 1.29 is 35.7 Å². The van der Waals surface area contributed by atoms with Gasteiger partial charge in [-0.05, 0) is 30.3 Å². The molecule has 154 valence electrons. The second kappa shape index (κ2) is 7.51. The van der Waals surface area contributed by atoms with Crippen molar-refractivity contribution in [3.8, 4) is 6.07 Å². The van der Waals surface area contributed by atoms with Gasteiger partial charge in [-0.3, -0.25) is 10.2 Å². The fraction of sp³-hybridized carbons (Fsp3) is 0.111. The largest absolute Gasteiger partial charge is 0.416 e. The molecule has 0 amide bonds. The number of aromatic nitrogens is 1. The first-order valence-electron chi connectivity index (χ1n) is 7.93. The molecule has 1 heterocycles. The number of nitrogens with zero attached hydrogens (tertiary/aromatic N) is 3. The number of nitriles is 1. The van der Waals surface area contributed by atoms with E-state index in [1.54, 1.807) is 12.1 Å². The smallest absolute Gasteiger partial charge is 0.356 e. The Hall–Kier alpha value is -3.88. The Morgan fingerprint density at radius 2 is 1.63 bits per heavy atom. The summed E-state index contributed by atoms with van der Waals surface area (Å²) in [5, 5.41) is 16.3. The van der Waals surface area contributed by atoms with Gasteiger partial charge in [-0.2, -0.15) is 36.7 Å². The van der Waals surface area contributed by atoms with E-state index >= 15 is 0 Å². The number of hydrogen-bond acceptors (Lipinski definition) is 6. The molecule has 0 saturated carbocycles. The fourth-order valence-corrected chi connectivity index (χ4v) is 2.43. The summed E-state index contributed by atoms with van der Waals surface area (Å²) >= 11 is 0. The van der Waals surface area contributed by atoms with Crippen LogP contribution in [0.3, 0.4) is 0 Å². The third-order valence-electron chi connectivity index (χ3n) is 3.80. The second-order valence-electron chi connectivity index (χ2n) is 5.84. The first-order chi connectivity index (χ1) is 14.0. The SMILES string of the molecule is N#CC(=NNc1cc(C(F)(F)F)cc(C(F)(F)F)c1)C(=O)c1noc2ccccc12. The number of carbonyl (C=O) groups excluding carboxylic acids is 1. The van der Waals surface area contributed by atoms with Crippen LogP contribution in [0.4, 0.5) is 32.0 Å². The van der Waals surface area contributed by atoms with Crippen LogP contribution in [-0.2, 0) is 12.4 Å². The number of nitrogens with one attached hydrogen (secondary N) is 1. The van der Waals surface area contributed by atoms with Crippen molar-refractivity contribution in [2.75, 3.05) is 5.43 Å². The molecule has 0 aliphatic rings. The molecule has 0 fully saturated rings. The number of fused-ring (bicyclic) bond motifs is 1. The third-order valence-corrected chi connectivity index (χ3v) is 3.80. The van der Waals surface area contributed by atoms with E-state index < -0.39 is 40.7 Å². The Morgan fingerprint density at radius 1 is 1.03 bits per heavy atom. The molecule has 0 saturated heterocycles. The van der Waals surface area contributed by atoms with Gasteiger partial charge in [-0.25, -0.2) is 0 Å². The van der Waals surface area contributed by atoms with Gasteiger partial charge < -0.3 is 4.52 Å². The molecule has 30 heavy (non-hydrogen) atoms. The van der Waals surface area contributed by atoms with Crippen LogP contribution >= 0.6 is 0 Å². The van der Waals surface area contributed by atoms with E-state index in [0.29, 0.717) is 12.1 Å². The maximum Gasteiger partial charge on any atom is 0.416 e. The minimum Gasteiger partial charge on any atom is -0.356 e. The molecular formula is C18H8F6N4O2. The first-order valence-corrected chi connectivity index (χ1v) is 7.93. The number of anilines is 1. The third kappa shape index (κ3) is 4.24. The number of hydrazone groups is 1. The maximum absolute atomic E-state index is 12.9. The van der Waals surface area contributed by atoms with Crippen LogP contribution in [0.25, 0.3) is 11.0 Å². The Morgan fingerprint density at radius 3 is 2.20 bits per heavy atom. The van der Waals surface area contributed by atoms with Crippen molar-refractivity contribution in [1.82, 2.24) is 5.16 Å². The van der Waals surface area contributed by atoms with Gasteiger partial charge in [0.2, 0.25) is 11.5 Å². The summed E-state index contributed by atoms with van der Waals surface area (Å²) in [6, 6.07) is 8.25. The summed E-state index contributed by atoms with van der Waals surface area (Å²) in [7, 11) is 0. The molecule has 6 nitrogen and oxygen atoms in total. The van der Waals surface area contributed by atoms with Gasteiger partial charge in [0.15, 0.2) is 11.3 Å². The lowest BCUT2D eigenvalue weighted by Crippen LogP contribution is -2.15. The maximum atomic E-state index is 12.9. The van der Waals surface area contributed by atoms with E-state index in [-0.39, 0.29) is 22.7 Å². The molecule has 3 rings (SSSR count). The first kappa shape index (κ1) is 20.8. The average Bonchev–Trinajstić information content (AvgIpc) is 3.11. The summed E-state index contributed by atoms with van der Waals surface area (Å²) in [5.74, 6) is -1.03. The van der Waals surface area contributed by atoms with Crippen molar-refractivity contribution in [3.05, 3.63) is 59.3 Å². The van der Waals surface area contributed by atoms with Crippen LogP contribution in [0.1, 0.15) is 21.6 Å². The van der Waals surface area contributed by atoms with Crippen molar-refractivity contribution >= 4 is 28.2 Å². The molecule has 12 heteroatoms. The van der Waals surface area contributed by atoms with E-state index in [9.17, 15) is 31.1 Å². The second-order valence-corrected chi connectivity index (χ2v) is 5.84. The number of halogens is 6. The van der Waals surface area contributed by atoms with E-state index in [1.165, 1.54) is 18.2 Å². The Bertz CT molecular complexity index is 1160. The van der Waals surface area contributed by atoms with Crippen molar-refractivity contribution in [3.63, 3.8) is 0 Å². The summed E-state index contributed by atoms with van der Waals surface area (Å²) in [4.78, 5) is 12.4. The number of Topliss-reactive ketones (excluding diaryl/α,β-unsaturated/α-hetero) is 1. The standard InChI is InChI=1S/C18H8F6N4O2/c19-17(20,21)9-5-10(18(22,23)24)7-11(6-9)26-27-13(8-25)16(29)15-12-3-1-2-4-14(12)30-28-15/h1-7,26H. The van der Waals surface area contributed by atoms with Crippen molar-refractivity contribution in [2.24, 2.45) is 5.10 Å². The monoisotopic (exact) mass is 426 g/mol. The van der Waals surface area contributed by atoms with E-state index in [0.717, 1.165) is 0 Å². The van der Waals surface area contributed by atoms with Crippen LogP contribution in [0.5, 0.6) is 0 Å². The van der Waals surface area contributed by atoms with E-state index in [4.69, 9.17) is 9.78 Å². The zero-order chi connectivity index (χ0) is 22.1. The van der Waals surface area contributed by atoms with E-state index in [2.05, 4.69) is 10.3 Å². The normalized spacial score (nSPS) is 12.6. The van der Waals surface area contributed by atoms with Crippen LogP contribution in [0.2, 0.25) is 0 Å². The van der Waals surface area contributed by atoms with Crippen LogP contribution in [0.15, 0.2) is 52.1 Å². The highest BCUT2D eigenvalue weighted by atomic mass is 19.4. The highest BCUT2D eigenvalue weighted by Gasteiger charge is 2.37. The molecule has 2 aromatic carbocycles. The predicted molar refractivity (Wildman–Crippen MR) is 91.5 cm³/mol. The number of hydrogen-bond donors (Lipinski definition) is 1. The molecule has 0 aliphatic carbocycles. The number of rotatable bonds is 4. The summed E-state index contributed by atoms with van der Waals surface area (Å²) in [6.45, 7) is 0. The molecule has 0 bridgehead atoms. The zero-order valence-electron chi connectivity index (χ0n) is 14.5. The topological polar surface area (TPSA) is 91.3 Å². The molecule has 3 aromatic rings.